The van der Waals surface area contributed by atoms with Gasteiger partial charge in [0.2, 0.25) is 0 Å². The van der Waals surface area contributed by atoms with Crippen LogP contribution in [-0.2, 0) is 13.1 Å². The minimum absolute atomic E-state index is 0.161. The highest BCUT2D eigenvalue weighted by molar-refractivity contribution is 7.09. The summed E-state index contributed by atoms with van der Waals surface area (Å²) >= 11 is 1.53. The van der Waals surface area contributed by atoms with Crippen molar-refractivity contribution >= 4 is 28.8 Å². The normalized spacial score (nSPS) is 10.3. The van der Waals surface area contributed by atoms with E-state index in [4.69, 9.17) is 4.74 Å². The third-order valence-electron chi connectivity index (χ3n) is 6.34. The number of benzene rings is 3. The molecule has 42 heavy (non-hydrogen) atoms. The minimum atomic E-state index is -0.206. The average Bonchev–Trinajstić information content (AvgIpc) is 3.42. The fourth-order valence-corrected chi connectivity index (χ4v) is 4.89. The van der Waals surface area contributed by atoms with E-state index in [2.05, 4.69) is 40.0 Å². The number of amides is 2. The van der Waals surface area contributed by atoms with Crippen LogP contribution in [0.1, 0.15) is 49.0 Å². The molecule has 8 nitrogen and oxygen atoms in total. The average molecular weight is 588 g/mol. The molecule has 0 unspecified atom stereocenters. The number of rotatable bonds is 12. The summed E-state index contributed by atoms with van der Waals surface area (Å²) < 4.78 is 5.24. The molecule has 1 heterocycles. The van der Waals surface area contributed by atoms with Crippen molar-refractivity contribution in [3.63, 3.8) is 0 Å². The van der Waals surface area contributed by atoms with E-state index in [0.717, 1.165) is 41.5 Å². The van der Waals surface area contributed by atoms with E-state index in [1.54, 1.807) is 44.3 Å². The minimum Gasteiger partial charge on any atom is -0.497 e. The molecule has 0 aliphatic rings. The molecule has 222 valence electrons. The maximum Gasteiger partial charge on any atom is 0.254 e. The van der Waals surface area contributed by atoms with Crippen LogP contribution in [0.2, 0.25) is 0 Å². The van der Waals surface area contributed by atoms with Gasteiger partial charge in [0.05, 0.1) is 13.7 Å². The van der Waals surface area contributed by atoms with Crippen LogP contribution >= 0.6 is 11.3 Å². The lowest BCUT2D eigenvalue weighted by Gasteiger charge is -2.17. The highest BCUT2D eigenvalue weighted by Gasteiger charge is 2.17. The van der Waals surface area contributed by atoms with E-state index in [1.807, 2.05) is 54.8 Å². The molecule has 0 spiro atoms. The SMILES string of the molecule is CNc1cc(C(=O)NCCCNCc2cccc(OC)c2)cc(C(=O)N(C)Cc2nc(C)cs2)c1.Cc1ccccc1. The van der Waals surface area contributed by atoms with Gasteiger partial charge in [-0.2, -0.15) is 0 Å². The molecule has 0 aliphatic heterocycles. The highest BCUT2D eigenvalue weighted by atomic mass is 32.1. The van der Waals surface area contributed by atoms with Gasteiger partial charge < -0.3 is 25.6 Å². The molecule has 2 amide bonds. The molecule has 3 aromatic carbocycles. The van der Waals surface area contributed by atoms with Crippen molar-refractivity contribution in [1.29, 1.82) is 0 Å². The van der Waals surface area contributed by atoms with Gasteiger partial charge in [0, 0.05) is 55.1 Å². The number of nitrogens with zero attached hydrogens (tertiary/aromatic N) is 2. The maximum atomic E-state index is 13.0. The number of nitrogens with one attached hydrogen (secondary N) is 3. The van der Waals surface area contributed by atoms with Crippen LogP contribution in [0.3, 0.4) is 0 Å². The number of aromatic nitrogens is 1. The summed E-state index contributed by atoms with van der Waals surface area (Å²) in [6, 6.07) is 23.3. The van der Waals surface area contributed by atoms with Crippen molar-refractivity contribution in [2.45, 2.75) is 33.4 Å². The molecule has 9 heteroatoms. The molecule has 0 bridgehead atoms. The Kier molecular flexibility index (Phi) is 13.0. The molecule has 0 fully saturated rings. The zero-order valence-corrected chi connectivity index (χ0v) is 25.9. The van der Waals surface area contributed by atoms with Crippen molar-refractivity contribution in [1.82, 2.24) is 20.5 Å². The summed E-state index contributed by atoms with van der Waals surface area (Å²) in [6.07, 6.45) is 0.781. The number of hydrogen-bond acceptors (Lipinski definition) is 7. The van der Waals surface area contributed by atoms with Gasteiger partial charge in [0.1, 0.15) is 10.8 Å². The summed E-state index contributed by atoms with van der Waals surface area (Å²) in [5.41, 5.74) is 5.02. The first-order valence-electron chi connectivity index (χ1n) is 13.9. The Morgan fingerprint density at radius 1 is 0.952 bits per heavy atom. The van der Waals surface area contributed by atoms with Gasteiger partial charge in [-0.15, -0.1) is 11.3 Å². The van der Waals surface area contributed by atoms with Gasteiger partial charge >= 0.3 is 0 Å². The zero-order valence-electron chi connectivity index (χ0n) is 25.1. The first-order valence-corrected chi connectivity index (χ1v) is 14.8. The van der Waals surface area contributed by atoms with E-state index in [1.165, 1.54) is 16.9 Å². The number of carbonyl (C=O) groups is 2. The number of thiazole rings is 1. The van der Waals surface area contributed by atoms with Crippen molar-refractivity contribution in [2.75, 3.05) is 39.6 Å². The number of anilines is 1. The summed E-state index contributed by atoms with van der Waals surface area (Å²) in [7, 11) is 5.16. The topological polar surface area (TPSA) is 95.6 Å². The van der Waals surface area contributed by atoms with Crippen LogP contribution < -0.4 is 20.7 Å². The summed E-state index contributed by atoms with van der Waals surface area (Å²) in [5, 5.41) is 12.2. The lowest BCUT2D eigenvalue weighted by Crippen LogP contribution is -2.29. The van der Waals surface area contributed by atoms with Crippen LogP contribution in [0.5, 0.6) is 5.75 Å². The van der Waals surface area contributed by atoms with Gasteiger partial charge in [0.15, 0.2) is 0 Å². The summed E-state index contributed by atoms with van der Waals surface area (Å²) in [4.78, 5) is 31.8. The number of aryl methyl sites for hydroxylation is 2. The summed E-state index contributed by atoms with van der Waals surface area (Å²) in [5.74, 6) is 0.468. The Balaban J connectivity index is 0.000000603. The Morgan fingerprint density at radius 3 is 2.36 bits per heavy atom. The molecular weight excluding hydrogens is 546 g/mol. The van der Waals surface area contributed by atoms with E-state index >= 15 is 0 Å². The second-order valence-electron chi connectivity index (χ2n) is 9.89. The Morgan fingerprint density at radius 2 is 1.71 bits per heavy atom. The molecule has 0 atom stereocenters. The molecule has 4 aromatic rings. The van der Waals surface area contributed by atoms with Crippen molar-refractivity contribution in [3.8, 4) is 5.75 Å². The molecule has 0 saturated heterocycles. The lowest BCUT2D eigenvalue weighted by atomic mass is 10.1. The fraction of sp³-hybridized carbons (Fsp3) is 0.303. The third-order valence-corrected chi connectivity index (χ3v) is 7.29. The molecular formula is C33H41N5O3S. The van der Waals surface area contributed by atoms with Crippen molar-refractivity contribution < 1.29 is 14.3 Å². The Labute approximate surface area is 253 Å². The molecule has 0 saturated carbocycles. The van der Waals surface area contributed by atoms with Gasteiger partial charge in [-0.05, 0) is 62.7 Å². The van der Waals surface area contributed by atoms with Gasteiger partial charge in [0.25, 0.3) is 11.8 Å². The molecule has 4 rings (SSSR count). The molecule has 0 radical (unpaired) electrons. The number of ether oxygens (including phenoxy) is 1. The fourth-order valence-electron chi connectivity index (χ4n) is 4.06. The smallest absolute Gasteiger partial charge is 0.254 e. The Bertz CT molecular complexity index is 1420. The molecule has 3 N–H and O–H groups in total. The standard InChI is InChI=1S/C26H33N5O3S.C7H8/c1-18-17-35-24(30-18)16-31(3)26(33)21-12-20(13-22(14-21)27-2)25(32)29-10-6-9-28-15-19-7-5-8-23(11-19)34-4;1-7-5-3-2-4-6-7/h5,7-8,11-14,17,27-28H,6,9-10,15-16H2,1-4H3,(H,29,32);2-6H,1H3. The van der Waals surface area contributed by atoms with E-state index in [9.17, 15) is 9.59 Å². The predicted molar refractivity (Wildman–Crippen MR) is 171 cm³/mol. The van der Waals surface area contributed by atoms with E-state index in [0.29, 0.717) is 29.9 Å². The van der Waals surface area contributed by atoms with Gasteiger partial charge in [-0.25, -0.2) is 4.98 Å². The van der Waals surface area contributed by atoms with Crippen LogP contribution in [-0.4, -0.2) is 56.0 Å². The number of methoxy groups -OCH3 is 1. The van der Waals surface area contributed by atoms with Crippen LogP contribution in [0.15, 0.2) is 78.2 Å². The number of hydrogen-bond donors (Lipinski definition) is 3. The monoisotopic (exact) mass is 587 g/mol. The van der Waals surface area contributed by atoms with E-state index < -0.39 is 0 Å². The van der Waals surface area contributed by atoms with Crippen molar-refractivity contribution in [2.24, 2.45) is 0 Å². The first-order chi connectivity index (χ1) is 20.3. The third kappa shape index (κ3) is 10.6. The zero-order chi connectivity index (χ0) is 30.3. The number of carbonyl (C=O) groups excluding carboxylic acids is 2. The second-order valence-corrected chi connectivity index (χ2v) is 10.8. The molecule has 0 aliphatic carbocycles. The second kappa shape index (κ2) is 16.9. The quantitative estimate of drug-likeness (QED) is 0.185. The largest absolute Gasteiger partial charge is 0.497 e. The Hall–Kier alpha value is -4.21. The van der Waals surface area contributed by atoms with Gasteiger partial charge in [-0.1, -0.05) is 48.0 Å². The van der Waals surface area contributed by atoms with Crippen LogP contribution in [0.25, 0.3) is 0 Å². The van der Waals surface area contributed by atoms with Crippen molar-refractivity contribution in [3.05, 3.63) is 111 Å². The van der Waals surface area contributed by atoms with Gasteiger partial charge in [-0.3, -0.25) is 9.59 Å². The predicted octanol–water partition coefficient (Wildman–Crippen LogP) is 5.68. The first kappa shape index (κ1) is 32.3. The van der Waals surface area contributed by atoms with E-state index in [-0.39, 0.29) is 11.8 Å². The molecule has 1 aromatic heterocycles. The van der Waals surface area contributed by atoms with Crippen LogP contribution in [0.4, 0.5) is 5.69 Å². The lowest BCUT2D eigenvalue weighted by molar-refractivity contribution is 0.0785. The summed E-state index contributed by atoms with van der Waals surface area (Å²) in [6.45, 7) is 6.46. The van der Waals surface area contributed by atoms with Crippen LogP contribution in [0, 0.1) is 13.8 Å². The highest BCUT2D eigenvalue weighted by Crippen LogP contribution is 2.18. The maximum absolute atomic E-state index is 13.0.